The van der Waals surface area contributed by atoms with Crippen molar-refractivity contribution in [3.05, 3.63) is 0 Å². The summed E-state index contributed by atoms with van der Waals surface area (Å²) in [4.78, 5) is 14.6. The standard InChI is InChI=1S/C23H44N2O2/c1-21(2,3)14-19-9-13-25(17-19)20(26)27-23(6,7)11-10-22(4,5)15-18-8-12-24-16-18/h18-19,24H,8-17H2,1-7H3/t18-,19-/m0/s1. The molecule has 1 amide bonds. The summed E-state index contributed by atoms with van der Waals surface area (Å²) in [6, 6.07) is 0. The van der Waals surface area contributed by atoms with E-state index in [1.54, 1.807) is 0 Å². The molecular weight excluding hydrogens is 336 g/mol. The third-order valence-electron chi connectivity index (χ3n) is 6.22. The van der Waals surface area contributed by atoms with Gasteiger partial charge < -0.3 is 15.0 Å². The predicted molar refractivity (Wildman–Crippen MR) is 113 cm³/mol. The van der Waals surface area contributed by atoms with Gasteiger partial charge in [-0.05, 0) is 88.1 Å². The third kappa shape index (κ3) is 8.01. The van der Waals surface area contributed by atoms with Gasteiger partial charge in [-0.3, -0.25) is 0 Å². The molecule has 0 unspecified atom stereocenters. The van der Waals surface area contributed by atoms with Crippen molar-refractivity contribution in [2.45, 2.75) is 92.6 Å². The summed E-state index contributed by atoms with van der Waals surface area (Å²) in [6.45, 7) is 19.7. The van der Waals surface area contributed by atoms with E-state index in [-0.39, 0.29) is 6.09 Å². The number of likely N-dealkylation sites (tertiary alicyclic amines) is 1. The van der Waals surface area contributed by atoms with Crippen LogP contribution in [0.25, 0.3) is 0 Å². The average Bonchev–Trinajstić information content (AvgIpc) is 3.15. The molecular formula is C23H44N2O2. The second-order valence-electron chi connectivity index (χ2n) is 11.7. The van der Waals surface area contributed by atoms with E-state index < -0.39 is 5.60 Å². The molecule has 1 N–H and O–H groups in total. The van der Waals surface area contributed by atoms with Crippen molar-refractivity contribution in [3.63, 3.8) is 0 Å². The number of hydrogen-bond donors (Lipinski definition) is 1. The maximum absolute atomic E-state index is 12.7. The highest BCUT2D eigenvalue weighted by molar-refractivity contribution is 5.68. The van der Waals surface area contributed by atoms with Crippen LogP contribution in [0.4, 0.5) is 4.79 Å². The highest BCUT2D eigenvalue weighted by Crippen LogP contribution is 2.36. The Morgan fingerprint density at radius 2 is 1.70 bits per heavy atom. The van der Waals surface area contributed by atoms with Gasteiger partial charge in [0.15, 0.2) is 0 Å². The van der Waals surface area contributed by atoms with Crippen LogP contribution in [0, 0.1) is 22.7 Å². The summed E-state index contributed by atoms with van der Waals surface area (Å²) in [5, 5.41) is 3.47. The van der Waals surface area contributed by atoms with E-state index in [2.05, 4.69) is 53.8 Å². The van der Waals surface area contributed by atoms with E-state index >= 15 is 0 Å². The number of carbonyl (C=O) groups excluding carboxylic acids is 1. The Bertz CT molecular complexity index is 487. The number of nitrogens with zero attached hydrogens (tertiary/aromatic N) is 1. The molecule has 4 nitrogen and oxygen atoms in total. The number of ether oxygens (including phenoxy) is 1. The summed E-state index contributed by atoms with van der Waals surface area (Å²) < 4.78 is 5.94. The van der Waals surface area contributed by atoms with E-state index in [0.29, 0.717) is 16.7 Å². The molecule has 2 aliphatic rings. The van der Waals surface area contributed by atoms with Crippen LogP contribution < -0.4 is 5.32 Å². The van der Waals surface area contributed by atoms with Crippen LogP contribution in [-0.2, 0) is 4.74 Å². The lowest BCUT2D eigenvalue weighted by Crippen LogP contribution is -2.38. The topological polar surface area (TPSA) is 41.6 Å². The SMILES string of the molecule is CC(C)(C)C[C@@H]1CCN(C(=O)OC(C)(C)CCC(C)(C)C[C@@H]2CCNC2)C1. The summed E-state index contributed by atoms with van der Waals surface area (Å²) in [7, 11) is 0. The second kappa shape index (κ2) is 8.71. The molecule has 27 heavy (non-hydrogen) atoms. The molecule has 0 aliphatic carbocycles. The summed E-state index contributed by atoms with van der Waals surface area (Å²) in [6.07, 6.45) is 6.73. The smallest absolute Gasteiger partial charge is 0.410 e. The Labute approximate surface area is 167 Å². The first-order chi connectivity index (χ1) is 12.4. The molecule has 0 spiro atoms. The van der Waals surface area contributed by atoms with E-state index in [1.165, 1.54) is 19.3 Å². The fraction of sp³-hybridized carbons (Fsp3) is 0.957. The molecule has 0 bridgehead atoms. The normalized spacial score (nSPS) is 24.5. The monoisotopic (exact) mass is 380 g/mol. The number of hydrogen-bond acceptors (Lipinski definition) is 3. The zero-order valence-electron chi connectivity index (χ0n) is 19.0. The zero-order chi connectivity index (χ0) is 20.3. The van der Waals surface area contributed by atoms with Crippen molar-refractivity contribution in [2.24, 2.45) is 22.7 Å². The van der Waals surface area contributed by atoms with Crippen molar-refractivity contribution < 1.29 is 9.53 Å². The van der Waals surface area contributed by atoms with Gasteiger partial charge in [0.25, 0.3) is 0 Å². The number of nitrogens with one attached hydrogen (secondary N) is 1. The van der Waals surface area contributed by atoms with Gasteiger partial charge in [-0.1, -0.05) is 34.6 Å². The first kappa shape index (κ1) is 22.5. The Morgan fingerprint density at radius 1 is 1.00 bits per heavy atom. The minimum Gasteiger partial charge on any atom is -0.443 e. The number of amides is 1. The molecule has 2 atom stereocenters. The van der Waals surface area contributed by atoms with Gasteiger partial charge in [-0.2, -0.15) is 0 Å². The maximum Gasteiger partial charge on any atom is 0.410 e. The highest BCUT2D eigenvalue weighted by Gasteiger charge is 2.34. The van der Waals surface area contributed by atoms with Crippen molar-refractivity contribution in [1.29, 1.82) is 0 Å². The van der Waals surface area contributed by atoms with Crippen LogP contribution in [0.5, 0.6) is 0 Å². The molecule has 158 valence electrons. The van der Waals surface area contributed by atoms with Gasteiger partial charge in [-0.15, -0.1) is 0 Å². The van der Waals surface area contributed by atoms with Gasteiger partial charge in [0, 0.05) is 13.1 Å². The fourth-order valence-electron chi connectivity index (χ4n) is 4.79. The minimum absolute atomic E-state index is 0.116. The maximum atomic E-state index is 12.7. The largest absolute Gasteiger partial charge is 0.443 e. The summed E-state index contributed by atoms with van der Waals surface area (Å²) in [5.41, 5.74) is 0.223. The Balaban J connectivity index is 1.76. The summed E-state index contributed by atoms with van der Waals surface area (Å²) in [5.74, 6) is 1.41. The molecule has 0 aromatic heterocycles. The first-order valence-electron chi connectivity index (χ1n) is 11.0. The van der Waals surface area contributed by atoms with Crippen LogP contribution in [0.15, 0.2) is 0 Å². The van der Waals surface area contributed by atoms with Crippen molar-refractivity contribution in [1.82, 2.24) is 10.2 Å². The Kier molecular flexibility index (Phi) is 7.27. The average molecular weight is 381 g/mol. The van der Waals surface area contributed by atoms with E-state index in [9.17, 15) is 4.79 Å². The van der Waals surface area contributed by atoms with Gasteiger partial charge in [0.2, 0.25) is 0 Å². The third-order valence-corrected chi connectivity index (χ3v) is 6.22. The van der Waals surface area contributed by atoms with Gasteiger partial charge in [0.05, 0.1) is 0 Å². The number of rotatable bonds is 7. The number of carbonyl (C=O) groups is 1. The quantitative estimate of drug-likeness (QED) is 0.637. The molecule has 2 rings (SSSR count). The second-order valence-corrected chi connectivity index (χ2v) is 11.7. The molecule has 4 heteroatoms. The fourth-order valence-corrected chi connectivity index (χ4v) is 4.79. The van der Waals surface area contributed by atoms with E-state index in [0.717, 1.165) is 51.4 Å². The van der Waals surface area contributed by atoms with Gasteiger partial charge >= 0.3 is 6.09 Å². The molecule has 2 aliphatic heterocycles. The Morgan fingerprint density at radius 3 is 2.30 bits per heavy atom. The van der Waals surface area contributed by atoms with Crippen LogP contribution in [0.1, 0.15) is 87.0 Å². The lowest BCUT2D eigenvalue weighted by Gasteiger charge is -2.33. The van der Waals surface area contributed by atoms with Crippen LogP contribution in [0.2, 0.25) is 0 Å². The van der Waals surface area contributed by atoms with Crippen LogP contribution >= 0.6 is 0 Å². The van der Waals surface area contributed by atoms with E-state index in [1.807, 2.05) is 4.90 Å². The van der Waals surface area contributed by atoms with Crippen LogP contribution in [-0.4, -0.2) is 42.8 Å². The van der Waals surface area contributed by atoms with Crippen molar-refractivity contribution >= 4 is 6.09 Å². The lowest BCUT2D eigenvalue weighted by atomic mass is 9.77. The predicted octanol–water partition coefficient (Wildman–Crippen LogP) is 5.47. The van der Waals surface area contributed by atoms with Gasteiger partial charge in [-0.25, -0.2) is 4.79 Å². The highest BCUT2D eigenvalue weighted by atomic mass is 16.6. The molecule has 0 aromatic rings. The zero-order valence-corrected chi connectivity index (χ0v) is 19.0. The van der Waals surface area contributed by atoms with E-state index in [4.69, 9.17) is 4.74 Å². The Hall–Kier alpha value is -0.770. The molecule has 2 heterocycles. The molecule has 0 radical (unpaired) electrons. The molecule has 2 fully saturated rings. The lowest BCUT2D eigenvalue weighted by molar-refractivity contribution is 0.00314. The van der Waals surface area contributed by atoms with Crippen LogP contribution in [0.3, 0.4) is 0 Å². The molecule has 0 aromatic carbocycles. The first-order valence-corrected chi connectivity index (χ1v) is 11.0. The van der Waals surface area contributed by atoms with Crippen molar-refractivity contribution in [2.75, 3.05) is 26.2 Å². The minimum atomic E-state index is -0.398. The molecule has 2 saturated heterocycles. The van der Waals surface area contributed by atoms with Crippen molar-refractivity contribution in [3.8, 4) is 0 Å². The molecule has 0 saturated carbocycles. The summed E-state index contributed by atoms with van der Waals surface area (Å²) >= 11 is 0. The van der Waals surface area contributed by atoms with Gasteiger partial charge in [0.1, 0.15) is 5.60 Å².